The fourth-order valence-corrected chi connectivity index (χ4v) is 2.23. The lowest BCUT2D eigenvalue weighted by Gasteiger charge is -2.04. The summed E-state index contributed by atoms with van der Waals surface area (Å²) >= 11 is 3.24. The molecule has 9 heteroatoms. The topological polar surface area (TPSA) is 108 Å². The number of carbonyl (C=O) groups excluding carboxylic acids is 2. The average molecular weight is 341 g/mol. The third-order valence-electron chi connectivity index (χ3n) is 2.68. The molecule has 2 heterocycles. The highest BCUT2D eigenvalue weighted by Gasteiger charge is 2.20. The van der Waals surface area contributed by atoms with Gasteiger partial charge in [0.05, 0.1) is 16.4 Å². The second kappa shape index (κ2) is 5.45. The maximum absolute atomic E-state index is 12.2. The maximum atomic E-state index is 12.2. The Morgan fingerprint density at radius 1 is 1.50 bits per heavy atom. The minimum absolute atomic E-state index is 0.0264. The highest BCUT2D eigenvalue weighted by atomic mass is 79.9. The number of amides is 2. The second-order valence-electron chi connectivity index (χ2n) is 4.03. The van der Waals surface area contributed by atoms with Crippen molar-refractivity contribution in [1.82, 2.24) is 19.6 Å². The van der Waals surface area contributed by atoms with E-state index in [1.165, 1.54) is 15.6 Å². The first-order valence-corrected chi connectivity index (χ1v) is 6.59. The molecule has 2 amide bonds. The Bertz CT molecular complexity index is 655. The Morgan fingerprint density at radius 2 is 2.20 bits per heavy atom. The number of nitrogens with zero attached hydrogens (tertiary/aromatic N) is 4. The van der Waals surface area contributed by atoms with Gasteiger partial charge in [-0.2, -0.15) is 10.2 Å². The van der Waals surface area contributed by atoms with Crippen molar-refractivity contribution >= 4 is 33.4 Å². The van der Waals surface area contributed by atoms with E-state index in [0.717, 1.165) is 0 Å². The molecular weight excluding hydrogens is 328 g/mol. The molecule has 2 rings (SSSR count). The van der Waals surface area contributed by atoms with Gasteiger partial charge in [0.2, 0.25) is 0 Å². The van der Waals surface area contributed by atoms with Crippen LogP contribution >= 0.6 is 15.9 Å². The number of anilines is 1. The molecular formula is C11H13BrN6O2. The molecule has 3 N–H and O–H groups in total. The number of hydrogen-bond acceptors (Lipinski definition) is 4. The average Bonchev–Trinajstić information content (AvgIpc) is 2.93. The van der Waals surface area contributed by atoms with Crippen LogP contribution in [-0.4, -0.2) is 31.4 Å². The molecule has 0 atom stereocenters. The summed E-state index contributed by atoms with van der Waals surface area (Å²) in [5, 5.41) is 10.6. The smallest absolute Gasteiger partial charge is 0.275 e. The first-order valence-electron chi connectivity index (χ1n) is 5.80. The number of aromatic nitrogens is 4. The highest BCUT2D eigenvalue weighted by Crippen LogP contribution is 2.19. The summed E-state index contributed by atoms with van der Waals surface area (Å²) in [7, 11) is 1.64. The number of aryl methyl sites for hydroxylation is 2. The van der Waals surface area contributed by atoms with E-state index in [1.807, 2.05) is 6.92 Å². The summed E-state index contributed by atoms with van der Waals surface area (Å²) in [6, 6.07) is 0. The first-order chi connectivity index (χ1) is 9.43. The largest absolute Gasteiger partial charge is 0.364 e. The van der Waals surface area contributed by atoms with Crippen LogP contribution in [0.4, 0.5) is 5.69 Å². The minimum Gasteiger partial charge on any atom is -0.364 e. The van der Waals surface area contributed by atoms with E-state index in [4.69, 9.17) is 5.73 Å². The lowest BCUT2D eigenvalue weighted by Crippen LogP contribution is -2.20. The van der Waals surface area contributed by atoms with E-state index >= 15 is 0 Å². The van der Waals surface area contributed by atoms with Gasteiger partial charge < -0.3 is 11.1 Å². The van der Waals surface area contributed by atoms with Gasteiger partial charge in [-0.1, -0.05) is 0 Å². The van der Waals surface area contributed by atoms with Gasteiger partial charge in [-0.25, -0.2) is 0 Å². The lowest BCUT2D eigenvalue weighted by molar-refractivity contribution is 0.0995. The standard InChI is InChI=1S/C11H13BrN6O2/c1-3-18-5-7(8(16-18)10(13)19)15-11(20)9-6(12)4-14-17(9)2/h4-5H,3H2,1-2H3,(H2,13,19)(H,15,20). The summed E-state index contributed by atoms with van der Waals surface area (Å²) in [4.78, 5) is 23.5. The van der Waals surface area contributed by atoms with Crippen molar-refractivity contribution in [2.75, 3.05) is 5.32 Å². The summed E-state index contributed by atoms with van der Waals surface area (Å²) in [5.41, 5.74) is 5.88. The predicted molar refractivity (Wildman–Crippen MR) is 75.3 cm³/mol. The van der Waals surface area contributed by atoms with Crippen molar-refractivity contribution in [3.8, 4) is 0 Å². The first kappa shape index (κ1) is 14.3. The fraction of sp³-hybridized carbons (Fsp3) is 0.273. The fourth-order valence-electron chi connectivity index (χ4n) is 1.70. The van der Waals surface area contributed by atoms with Gasteiger partial charge in [0.25, 0.3) is 11.8 Å². The van der Waals surface area contributed by atoms with Gasteiger partial charge in [0, 0.05) is 19.8 Å². The maximum Gasteiger partial charge on any atom is 0.275 e. The number of halogens is 1. The molecule has 2 aromatic rings. The Hall–Kier alpha value is -2.16. The zero-order valence-electron chi connectivity index (χ0n) is 10.9. The number of carbonyl (C=O) groups is 2. The molecule has 0 aliphatic heterocycles. The van der Waals surface area contributed by atoms with Crippen molar-refractivity contribution in [3.63, 3.8) is 0 Å². The van der Waals surface area contributed by atoms with E-state index in [1.54, 1.807) is 13.2 Å². The van der Waals surface area contributed by atoms with Crippen LogP contribution in [0.2, 0.25) is 0 Å². The number of hydrogen-bond donors (Lipinski definition) is 2. The van der Waals surface area contributed by atoms with Crippen LogP contribution in [0.1, 0.15) is 27.9 Å². The minimum atomic E-state index is -0.698. The molecule has 0 aliphatic carbocycles. The summed E-state index contributed by atoms with van der Waals surface area (Å²) in [6.07, 6.45) is 3.07. The van der Waals surface area contributed by atoms with Crippen molar-refractivity contribution < 1.29 is 9.59 Å². The van der Waals surface area contributed by atoms with Crippen molar-refractivity contribution in [3.05, 3.63) is 28.3 Å². The molecule has 0 radical (unpaired) electrons. The molecule has 0 fully saturated rings. The Morgan fingerprint density at radius 3 is 2.70 bits per heavy atom. The molecule has 2 aromatic heterocycles. The van der Waals surface area contributed by atoms with E-state index in [9.17, 15) is 9.59 Å². The number of nitrogens with one attached hydrogen (secondary N) is 1. The Kier molecular flexibility index (Phi) is 3.89. The van der Waals surface area contributed by atoms with Crippen LogP contribution in [0, 0.1) is 0 Å². The molecule has 0 unspecified atom stereocenters. The summed E-state index contributed by atoms with van der Waals surface area (Å²) in [6.45, 7) is 2.42. The van der Waals surface area contributed by atoms with Crippen molar-refractivity contribution in [2.24, 2.45) is 12.8 Å². The van der Waals surface area contributed by atoms with E-state index in [2.05, 4.69) is 31.4 Å². The van der Waals surface area contributed by atoms with Crippen molar-refractivity contribution in [2.45, 2.75) is 13.5 Å². The van der Waals surface area contributed by atoms with Crippen molar-refractivity contribution in [1.29, 1.82) is 0 Å². The summed E-state index contributed by atoms with van der Waals surface area (Å²) in [5.74, 6) is -1.11. The molecule has 0 saturated carbocycles. The molecule has 0 aromatic carbocycles. The SMILES string of the molecule is CCn1cc(NC(=O)c2c(Br)cnn2C)c(C(N)=O)n1. The van der Waals surface area contributed by atoms with Crippen LogP contribution in [0.15, 0.2) is 16.9 Å². The van der Waals surface area contributed by atoms with Gasteiger partial charge in [-0.15, -0.1) is 0 Å². The highest BCUT2D eigenvalue weighted by molar-refractivity contribution is 9.10. The third-order valence-corrected chi connectivity index (χ3v) is 3.26. The number of rotatable bonds is 4. The van der Waals surface area contributed by atoms with E-state index in [-0.39, 0.29) is 11.4 Å². The number of primary amides is 1. The lowest BCUT2D eigenvalue weighted by atomic mass is 10.3. The van der Waals surface area contributed by atoms with Gasteiger partial charge in [-0.3, -0.25) is 19.0 Å². The van der Waals surface area contributed by atoms with Crippen LogP contribution in [0.5, 0.6) is 0 Å². The third kappa shape index (κ3) is 2.57. The van der Waals surface area contributed by atoms with Gasteiger partial charge in [0.1, 0.15) is 5.69 Å². The van der Waals surface area contributed by atoms with Gasteiger partial charge >= 0.3 is 0 Å². The van der Waals surface area contributed by atoms with Crippen LogP contribution < -0.4 is 11.1 Å². The molecule has 0 bridgehead atoms. The predicted octanol–water partition coefficient (Wildman–Crippen LogP) is 0.750. The Labute approximate surface area is 123 Å². The zero-order chi connectivity index (χ0) is 14.9. The molecule has 20 heavy (non-hydrogen) atoms. The molecule has 0 saturated heterocycles. The normalized spacial score (nSPS) is 10.6. The number of nitrogens with two attached hydrogens (primary N) is 1. The van der Waals surface area contributed by atoms with E-state index < -0.39 is 11.8 Å². The molecule has 0 spiro atoms. The van der Waals surface area contributed by atoms with E-state index in [0.29, 0.717) is 16.7 Å². The zero-order valence-corrected chi connectivity index (χ0v) is 12.5. The second-order valence-corrected chi connectivity index (χ2v) is 4.88. The van der Waals surface area contributed by atoms with Gasteiger partial charge in [-0.05, 0) is 22.9 Å². The molecule has 0 aliphatic rings. The van der Waals surface area contributed by atoms with Crippen LogP contribution in [0.3, 0.4) is 0 Å². The van der Waals surface area contributed by atoms with Crippen LogP contribution in [-0.2, 0) is 13.6 Å². The monoisotopic (exact) mass is 340 g/mol. The molecule has 8 nitrogen and oxygen atoms in total. The molecule has 106 valence electrons. The Balaban J connectivity index is 2.32. The van der Waals surface area contributed by atoms with Crippen LogP contribution in [0.25, 0.3) is 0 Å². The quantitative estimate of drug-likeness (QED) is 0.855. The van der Waals surface area contributed by atoms with Gasteiger partial charge in [0.15, 0.2) is 5.69 Å². The summed E-state index contributed by atoms with van der Waals surface area (Å²) < 4.78 is 3.50.